The first-order valence-electron chi connectivity index (χ1n) is 7.90. The third-order valence-electron chi connectivity index (χ3n) is 4.67. The van der Waals surface area contributed by atoms with Crippen LogP contribution in [0.3, 0.4) is 0 Å². The van der Waals surface area contributed by atoms with E-state index in [2.05, 4.69) is 10.1 Å². The van der Waals surface area contributed by atoms with Gasteiger partial charge in [0.2, 0.25) is 0 Å². The van der Waals surface area contributed by atoms with E-state index < -0.39 is 5.97 Å². The molecule has 0 atom stereocenters. The Bertz CT molecular complexity index is 879. The number of hydrogen-bond donors (Lipinski definition) is 1. The average molecular weight is 307 g/mol. The van der Waals surface area contributed by atoms with Gasteiger partial charge in [-0.3, -0.25) is 0 Å². The van der Waals surface area contributed by atoms with E-state index in [1.54, 1.807) is 23.0 Å². The van der Waals surface area contributed by atoms with Crippen LogP contribution in [0.25, 0.3) is 16.8 Å². The van der Waals surface area contributed by atoms with Crippen molar-refractivity contribution in [3.05, 3.63) is 54.0 Å². The van der Waals surface area contributed by atoms with Gasteiger partial charge in [0.05, 0.1) is 11.8 Å². The molecule has 0 spiro atoms. The molecule has 1 fully saturated rings. The molecule has 23 heavy (non-hydrogen) atoms. The predicted octanol–water partition coefficient (Wildman–Crippen LogP) is 3.75. The van der Waals surface area contributed by atoms with E-state index in [0.29, 0.717) is 11.5 Å². The van der Waals surface area contributed by atoms with Crippen molar-refractivity contribution in [2.75, 3.05) is 0 Å². The molecule has 1 aliphatic carbocycles. The van der Waals surface area contributed by atoms with Crippen LogP contribution < -0.4 is 0 Å². The highest BCUT2D eigenvalue weighted by Crippen LogP contribution is 2.38. The summed E-state index contributed by atoms with van der Waals surface area (Å²) in [5.74, 6) is -0.507. The molecule has 0 unspecified atom stereocenters. The first-order valence-corrected chi connectivity index (χ1v) is 7.90. The van der Waals surface area contributed by atoms with Crippen molar-refractivity contribution in [3.8, 4) is 11.1 Å². The highest BCUT2D eigenvalue weighted by Gasteiger charge is 2.23. The smallest absolute Gasteiger partial charge is 0.335 e. The molecular formula is C18H17N3O2. The van der Waals surface area contributed by atoms with Gasteiger partial charge in [0.25, 0.3) is 0 Å². The van der Waals surface area contributed by atoms with Gasteiger partial charge in [0.15, 0.2) is 5.65 Å². The highest BCUT2D eigenvalue weighted by atomic mass is 16.4. The third-order valence-corrected chi connectivity index (χ3v) is 4.67. The Hall–Kier alpha value is -2.69. The largest absolute Gasteiger partial charge is 0.478 e. The normalized spacial score (nSPS) is 15.3. The number of carboxylic acids is 1. The van der Waals surface area contributed by atoms with Crippen LogP contribution in [0.5, 0.6) is 0 Å². The van der Waals surface area contributed by atoms with Crippen molar-refractivity contribution in [1.82, 2.24) is 14.6 Å². The van der Waals surface area contributed by atoms with Gasteiger partial charge in [-0.25, -0.2) is 14.3 Å². The second kappa shape index (κ2) is 5.50. The molecule has 1 saturated carbocycles. The molecule has 0 bridgehead atoms. The van der Waals surface area contributed by atoms with Gasteiger partial charge in [0, 0.05) is 18.0 Å². The maximum Gasteiger partial charge on any atom is 0.335 e. The summed E-state index contributed by atoms with van der Waals surface area (Å²) >= 11 is 0. The fourth-order valence-electron chi connectivity index (χ4n) is 3.53. The minimum Gasteiger partial charge on any atom is -0.478 e. The van der Waals surface area contributed by atoms with Crippen LogP contribution in [-0.4, -0.2) is 25.7 Å². The lowest BCUT2D eigenvalue weighted by atomic mass is 9.90. The van der Waals surface area contributed by atoms with Crippen LogP contribution >= 0.6 is 0 Å². The Morgan fingerprint density at radius 1 is 1.26 bits per heavy atom. The molecule has 3 aromatic rings. The molecule has 1 aromatic carbocycles. The molecule has 0 saturated heterocycles. The van der Waals surface area contributed by atoms with Gasteiger partial charge in [-0.1, -0.05) is 18.9 Å². The predicted molar refractivity (Wildman–Crippen MR) is 86.6 cm³/mol. The molecule has 0 radical (unpaired) electrons. The fourth-order valence-corrected chi connectivity index (χ4v) is 3.53. The van der Waals surface area contributed by atoms with Crippen LogP contribution in [0.2, 0.25) is 0 Å². The Balaban J connectivity index is 1.86. The third kappa shape index (κ3) is 2.38. The van der Waals surface area contributed by atoms with Gasteiger partial charge in [-0.05, 0) is 48.1 Å². The number of carbonyl (C=O) groups is 1. The topological polar surface area (TPSA) is 67.5 Å². The van der Waals surface area contributed by atoms with Crippen molar-refractivity contribution < 1.29 is 9.90 Å². The second-order valence-corrected chi connectivity index (χ2v) is 6.03. The van der Waals surface area contributed by atoms with Gasteiger partial charge < -0.3 is 5.11 Å². The Labute approximate surface area is 133 Å². The maximum atomic E-state index is 11.6. The molecule has 5 heteroatoms. The Morgan fingerprint density at radius 2 is 2.09 bits per heavy atom. The number of benzene rings is 1. The van der Waals surface area contributed by atoms with Gasteiger partial charge >= 0.3 is 5.97 Å². The molecule has 0 aliphatic heterocycles. The quantitative estimate of drug-likeness (QED) is 0.800. The molecular weight excluding hydrogens is 290 g/mol. The van der Waals surface area contributed by atoms with Crippen molar-refractivity contribution >= 4 is 11.6 Å². The van der Waals surface area contributed by atoms with Crippen LogP contribution in [0.15, 0.2) is 42.9 Å². The fraction of sp³-hybridized carbons (Fsp3) is 0.278. The van der Waals surface area contributed by atoms with E-state index in [-0.39, 0.29) is 0 Å². The van der Waals surface area contributed by atoms with Crippen molar-refractivity contribution in [2.24, 2.45) is 0 Å². The molecule has 1 aliphatic rings. The zero-order valence-corrected chi connectivity index (χ0v) is 12.6. The minimum atomic E-state index is -0.851. The number of aromatic nitrogens is 3. The lowest BCUT2D eigenvalue weighted by Gasteiger charge is -2.14. The monoisotopic (exact) mass is 307 g/mol. The summed E-state index contributed by atoms with van der Waals surface area (Å²) in [6.07, 6.45) is 9.86. The number of rotatable bonds is 3. The molecule has 2 heterocycles. The SMILES string of the molecule is O=C(O)c1ccc(-c2cnn3cccnc23)cc1C1CCCC1. The van der Waals surface area contributed by atoms with E-state index >= 15 is 0 Å². The number of carboxylic acid groups (broad SMARTS) is 1. The van der Waals surface area contributed by atoms with Gasteiger partial charge in [0.1, 0.15) is 0 Å². The summed E-state index contributed by atoms with van der Waals surface area (Å²) in [4.78, 5) is 15.9. The van der Waals surface area contributed by atoms with Crippen molar-refractivity contribution in [1.29, 1.82) is 0 Å². The number of aromatic carboxylic acids is 1. The first kappa shape index (κ1) is 13.9. The van der Waals surface area contributed by atoms with Crippen LogP contribution in [0, 0.1) is 0 Å². The average Bonchev–Trinajstić information content (AvgIpc) is 3.24. The molecule has 0 amide bonds. The molecule has 116 valence electrons. The minimum absolute atomic E-state index is 0.343. The lowest BCUT2D eigenvalue weighted by molar-refractivity contribution is 0.0695. The second-order valence-electron chi connectivity index (χ2n) is 6.03. The van der Waals surface area contributed by atoms with E-state index in [9.17, 15) is 9.90 Å². The van der Waals surface area contributed by atoms with Crippen LogP contribution in [-0.2, 0) is 0 Å². The van der Waals surface area contributed by atoms with Gasteiger partial charge in [-0.15, -0.1) is 0 Å². The Kier molecular flexibility index (Phi) is 3.33. The molecule has 4 rings (SSSR count). The zero-order chi connectivity index (χ0) is 15.8. The molecule has 2 aromatic heterocycles. The Morgan fingerprint density at radius 3 is 2.87 bits per heavy atom. The van der Waals surface area contributed by atoms with Crippen molar-refractivity contribution in [3.63, 3.8) is 0 Å². The lowest BCUT2D eigenvalue weighted by Crippen LogP contribution is -2.05. The molecule has 1 N–H and O–H groups in total. The number of hydrogen-bond acceptors (Lipinski definition) is 3. The van der Waals surface area contributed by atoms with Crippen molar-refractivity contribution in [2.45, 2.75) is 31.6 Å². The number of fused-ring (bicyclic) bond motifs is 1. The summed E-state index contributed by atoms with van der Waals surface area (Å²) in [6.45, 7) is 0. The van der Waals surface area contributed by atoms with Crippen LogP contribution in [0.1, 0.15) is 47.5 Å². The van der Waals surface area contributed by atoms with Gasteiger partial charge in [-0.2, -0.15) is 5.10 Å². The summed E-state index contributed by atoms with van der Waals surface area (Å²) < 4.78 is 1.73. The zero-order valence-electron chi connectivity index (χ0n) is 12.6. The summed E-state index contributed by atoms with van der Waals surface area (Å²) in [7, 11) is 0. The summed E-state index contributed by atoms with van der Waals surface area (Å²) in [5, 5.41) is 13.8. The summed E-state index contributed by atoms with van der Waals surface area (Å²) in [5.41, 5.74) is 4.06. The molecule has 5 nitrogen and oxygen atoms in total. The van der Waals surface area contributed by atoms with E-state index in [1.807, 2.05) is 24.4 Å². The van der Waals surface area contributed by atoms with E-state index in [4.69, 9.17) is 0 Å². The summed E-state index contributed by atoms with van der Waals surface area (Å²) in [6, 6.07) is 7.43. The van der Waals surface area contributed by atoms with Crippen LogP contribution in [0.4, 0.5) is 0 Å². The van der Waals surface area contributed by atoms with E-state index in [1.165, 1.54) is 12.8 Å². The van der Waals surface area contributed by atoms with E-state index in [0.717, 1.165) is 35.2 Å². The standard InChI is InChI=1S/C18H17N3O2/c22-18(23)14-7-6-13(10-15(14)12-4-1-2-5-12)16-11-20-21-9-3-8-19-17(16)21/h3,6-12H,1-2,4-5H2,(H,22,23). The highest BCUT2D eigenvalue weighted by molar-refractivity contribution is 5.91. The first-order chi connectivity index (χ1) is 11.2. The number of nitrogens with zero attached hydrogens (tertiary/aromatic N) is 3. The maximum absolute atomic E-state index is 11.6.